The zero-order valence-corrected chi connectivity index (χ0v) is 11.9. The van der Waals surface area contributed by atoms with Gasteiger partial charge in [-0.1, -0.05) is 18.2 Å². The van der Waals surface area contributed by atoms with Crippen LogP contribution in [0.2, 0.25) is 0 Å². The van der Waals surface area contributed by atoms with Gasteiger partial charge in [0.05, 0.1) is 5.69 Å². The normalized spacial score (nSPS) is 12.6. The van der Waals surface area contributed by atoms with Gasteiger partial charge in [-0.2, -0.15) is 0 Å². The second kappa shape index (κ2) is 6.71. The molecule has 1 unspecified atom stereocenters. The number of hydrogen-bond donors (Lipinski definition) is 1. The second-order valence-corrected chi connectivity index (χ2v) is 4.86. The molecular weight excluding hydrogens is 281 g/mol. The van der Waals surface area contributed by atoms with Crippen LogP contribution < -0.4 is 5.32 Å². The molecule has 114 valence electrons. The number of aryl methyl sites for hydroxylation is 1. The summed E-state index contributed by atoms with van der Waals surface area (Å²) in [6, 6.07) is 1.71. The van der Waals surface area contributed by atoms with Crippen molar-refractivity contribution in [3.8, 4) is 0 Å². The van der Waals surface area contributed by atoms with Crippen molar-refractivity contribution in [2.75, 3.05) is 6.54 Å². The fourth-order valence-corrected chi connectivity index (χ4v) is 2.12. The largest absolute Gasteiger partial charge is 0.310 e. The summed E-state index contributed by atoms with van der Waals surface area (Å²) in [5.74, 6) is -3.80. The molecule has 0 aliphatic carbocycles. The van der Waals surface area contributed by atoms with Crippen LogP contribution in [0.15, 0.2) is 18.3 Å². The summed E-state index contributed by atoms with van der Waals surface area (Å²) in [7, 11) is 1.73. The van der Waals surface area contributed by atoms with Gasteiger partial charge in [-0.25, -0.2) is 13.2 Å². The first-order chi connectivity index (χ1) is 10.0. The van der Waals surface area contributed by atoms with E-state index in [0.717, 1.165) is 12.5 Å². The molecule has 21 heavy (non-hydrogen) atoms. The molecule has 2 rings (SSSR count). The van der Waals surface area contributed by atoms with Gasteiger partial charge in [0.25, 0.3) is 0 Å². The summed E-state index contributed by atoms with van der Waals surface area (Å²) >= 11 is 0. The molecule has 0 bridgehead atoms. The lowest BCUT2D eigenvalue weighted by molar-refractivity contribution is 0.422. The molecule has 1 heterocycles. The van der Waals surface area contributed by atoms with Gasteiger partial charge in [-0.15, -0.1) is 5.10 Å². The van der Waals surface area contributed by atoms with Crippen LogP contribution in [0.5, 0.6) is 0 Å². The van der Waals surface area contributed by atoms with Gasteiger partial charge in [0.15, 0.2) is 17.5 Å². The lowest BCUT2D eigenvalue weighted by atomic mass is 10.0. The van der Waals surface area contributed by atoms with Crippen LogP contribution in [-0.2, 0) is 13.5 Å². The quantitative estimate of drug-likeness (QED) is 0.833. The van der Waals surface area contributed by atoms with Crippen molar-refractivity contribution in [2.45, 2.75) is 25.8 Å². The zero-order valence-electron chi connectivity index (χ0n) is 11.9. The highest BCUT2D eigenvalue weighted by molar-refractivity contribution is 5.25. The van der Waals surface area contributed by atoms with Crippen LogP contribution in [0.3, 0.4) is 0 Å². The van der Waals surface area contributed by atoms with E-state index in [4.69, 9.17) is 0 Å². The van der Waals surface area contributed by atoms with Gasteiger partial charge in [0, 0.05) is 31.3 Å². The van der Waals surface area contributed by atoms with E-state index in [1.165, 1.54) is 10.7 Å². The maximum Gasteiger partial charge on any atom is 0.194 e. The molecule has 1 atom stereocenters. The molecular formula is C14H17F3N4. The van der Waals surface area contributed by atoms with E-state index >= 15 is 0 Å². The summed E-state index contributed by atoms with van der Waals surface area (Å²) in [6.07, 6.45) is 2.89. The molecule has 0 radical (unpaired) electrons. The SMILES string of the molecule is CCCNC(Cc1cn(C)nn1)c1ccc(F)c(F)c1F. The minimum absolute atomic E-state index is 0.0907. The molecule has 1 aromatic carbocycles. The molecule has 7 heteroatoms. The molecule has 0 saturated carbocycles. The lowest BCUT2D eigenvalue weighted by Gasteiger charge is -2.19. The first kappa shape index (κ1) is 15.5. The molecule has 0 aliphatic heterocycles. The third kappa shape index (κ3) is 3.60. The predicted molar refractivity (Wildman–Crippen MR) is 72.1 cm³/mol. The van der Waals surface area contributed by atoms with Crippen molar-refractivity contribution in [3.05, 3.63) is 47.0 Å². The Labute approximate surface area is 121 Å². The fraction of sp³-hybridized carbons (Fsp3) is 0.429. The number of rotatable bonds is 6. The third-order valence-corrected chi connectivity index (χ3v) is 3.14. The first-order valence-electron chi connectivity index (χ1n) is 6.75. The van der Waals surface area contributed by atoms with Gasteiger partial charge < -0.3 is 5.32 Å². The average molecular weight is 298 g/mol. The Morgan fingerprint density at radius 1 is 1.24 bits per heavy atom. The van der Waals surface area contributed by atoms with Gasteiger partial charge in [0.1, 0.15) is 0 Å². The molecule has 4 nitrogen and oxygen atoms in total. The number of aromatic nitrogens is 3. The number of halogens is 3. The van der Waals surface area contributed by atoms with Crippen LogP contribution in [0.25, 0.3) is 0 Å². The van der Waals surface area contributed by atoms with Crippen molar-refractivity contribution in [3.63, 3.8) is 0 Å². The first-order valence-corrected chi connectivity index (χ1v) is 6.75. The molecule has 0 spiro atoms. The van der Waals surface area contributed by atoms with E-state index in [9.17, 15) is 13.2 Å². The summed E-state index contributed by atoms with van der Waals surface area (Å²) in [5.41, 5.74) is 0.739. The molecule has 0 fully saturated rings. The Kier molecular flexibility index (Phi) is 4.95. The van der Waals surface area contributed by atoms with Crippen molar-refractivity contribution >= 4 is 0 Å². The van der Waals surface area contributed by atoms with Crippen LogP contribution >= 0.6 is 0 Å². The molecule has 2 aromatic rings. The van der Waals surface area contributed by atoms with E-state index in [-0.39, 0.29) is 5.56 Å². The summed E-state index contributed by atoms with van der Waals surface area (Å²) < 4.78 is 41.9. The van der Waals surface area contributed by atoms with Gasteiger partial charge in [-0.3, -0.25) is 4.68 Å². The number of benzene rings is 1. The second-order valence-electron chi connectivity index (χ2n) is 4.86. The van der Waals surface area contributed by atoms with Crippen molar-refractivity contribution in [1.29, 1.82) is 0 Å². The Bertz CT molecular complexity index is 612. The van der Waals surface area contributed by atoms with Crippen LogP contribution in [0.1, 0.15) is 30.6 Å². The van der Waals surface area contributed by atoms with E-state index in [1.54, 1.807) is 13.2 Å². The highest BCUT2D eigenvalue weighted by Gasteiger charge is 2.21. The fourth-order valence-electron chi connectivity index (χ4n) is 2.12. The van der Waals surface area contributed by atoms with Crippen LogP contribution in [0, 0.1) is 17.5 Å². The zero-order chi connectivity index (χ0) is 15.4. The maximum atomic E-state index is 14.0. The molecule has 0 aliphatic rings. The van der Waals surface area contributed by atoms with Gasteiger partial charge in [0.2, 0.25) is 0 Å². The third-order valence-electron chi connectivity index (χ3n) is 3.14. The number of nitrogens with one attached hydrogen (secondary N) is 1. The molecule has 0 saturated heterocycles. The molecule has 0 amide bonds. The molecule has 1 N–H and O–H groups in total. The average Bonchev–Trinajstić information content (AvgIpc) is 2.87. The van der Waals surface area contributed by atoms with Gasteiger partial charge >= 0.3 is 0 Å². The Morgan fingerprint density at radius 2 is 2.00 bits per heavy atom. The molecule has 1 aromatic heterocycles. The van der Waals surface area contributed by atoms with Crippen molar-refractivity contribution < 1.29 is 13.2 Å². The van der Waals surface area contributed by atoms with E-state index in [1.807, 2.05) is 6.92 Å². The number of hydrogen-bond acceptors (Lipinski definition) is 3. The van der Waals surface area contributed by atoms with Gasteiger partial charge in [-0.05, 0) is 19.0 Å². The topological polar surface area (TPSA) is 42.7 Å². The van der Waals surface area contributed by atoms with Crippen molar-refractivity contribution in [2.24, 2.45) is 7.05 Å². The minimum Gasteiger partial charge on any atom is -0.310 e. The van der Waals surface area contributed by atoms with E-state index in [2.05, 4.69) is 15.6 Å². The highest BCUT2D eigenvalue weighted by Crippen LogP contribution is 2.24. The summed E-state index contributed by atoms with van der Waals surface area (Å²) in [4.78, 5) is 0. The summed E-state index contributed by atoms with van der Waals surface area (Å²) in [6.45, 7) is 2.59. The highest BCUT2D eigenvalue weighted by atomic mass is 19.2. The smallest absolute Gasteiger partial charge is 0.194 e. The summed E-state index contributed by atoms with van der Waals surface area (Å²) in [5, 5.41) is 10.9. The van der Waals surface area contributed by atoms with Crippen LogP contribution in [-0.4, -0.2) is 21.5 Å². The Morgan fingerprint density at radius 3 is 2.62 bits per heavy atom. The Hall–Kier alpha value is -1.89. The minimum atomic E-state index is -1.45. The van der Waals surface area contributed by atoms with Crippen LogP contribution in [0.4, 0.5) is 13.2 Å². The lowest BCUT2D eigenvalue weighted by Crippen LogP contribution is -2.25. The monoisotopic (exact) mass is 298 g/mol. The maximum absolute atomic E-state index is 14.0. The predicted octanol–water partition coefficient (Wildman–Crippen LogP) is 2.52. The van der Waals surface area contributed by atoms with Crippen molar-refractivity contribution in [1.82, 2.24) is 20.3 Å². The number of nitrogens with zero attached hydrogens (tertiary/aromatic N) is 3. The van der Waals surface area contributed by atoms with E-state index in [0.29, 0.717) is 18.7 Å². The standard InChI is InChI=1S/C14H17F3N4/c1-3-6-18-12(7-9-8-21(2)20-19-9)10-4-5-11(15)14(17)13(10)16/h4-5,8,12,18H,3,6-7H2,1-2H3. The Balaban J connectivity index is 2.29. The van der Waals surface area contributed by atoms with E-state index < -0.39 is 23.5 Å².